The molecule has 354 valence electrons. The van der Waals surface area contributed by atoms with Crippen LogP contribution in [0.5, 0.6) is 17.2 Å². The van der Waals surface area contributed by atoms with Gasteiger partial charge in [0.2, 0.25) is 5.91 Å². The van der Waals surface area contributed by atoms with Crippen LogP contribution in [0.2, 0.25) is 5.02 Å². The lowest BCUT2D eigenvalue weighted by molar-refractivity contribution is -0.144. The van der Waals surface area contributed by atoms with Crippen LogP contribution in [-0.4, -0.2) is 103 Å². The Labute approximate surface area is 396 Å². The average Bonchev–Trinajstić information content (AvgIpc) is 3.59. The van der Waals surface area contributed by atoms with Crippen molar-refractivity contribution in [1.82, 2.24) is 20.1 Å². The fourth-order valence-electron chi connectivity index (χ4n) is 11.2. The Morgan fingerprint density at radius 3 is 2.53 bits per heavy atom. The molecule has 3 atom stereocenters. The van der Waals surface area contributed by atoms with Crippen molar-refractivity contribution in [3.8, 4) is 17.2 Å². The highest BCUT2D eigenvalue weighted by molar-refractivity contribution is 6.30. The number of halogens is 1. The van der Waals surface area contributed by atoms with Crippen LogP contribution in [0.3, 0.4) is 0 Å². The number of carboxylic acids is 1. The third-order valence-corrected chi connectivity index (χ3v) is 15.2. The Bertz CT molecular complexity index is 2270. The van der Waals surface area contributed by atoms with Gasteiger partial charge in [-0.25, -0.2) is 4.79 Å². The first-order valence-electron chi connectivity index (χ1n) is 24.5. The predicted octanol–water partition coefficient (Wildman–Crippen LogP) is 9.34. The molecule has 8 rings (SSSR count). The van der Waals surface area contributed by atoms with E-state index in [9.17, 15) is 14.7 Å². The first-order chi connectivity index (χ1) is 32.0. The van der Waals surface area contributed by atoms with Crippen molar-refractivity contribution >= 4 is 29.2 Å². The zero-order chi connectivity index (χ0) is 46.1. The minimum absolute atomic E-state index is 0.0147. The zero-order valence-electron chi connectivity index (χ0n) is 39.3. The first kappa shape index (κ1) is 47.6. The summed E-state index contributed by atoms with van der Waals surface area (Å²) in [4.78, 5) is 35.5. The molecule has 66 heavy (non-hydrogen) atoms. The van der Waals surface area contributed by atoms with E-state index in [1.54, 1.807) is 12.1 Å². The molecule has 1 spiro atoms. The van der Waals surface area contributed by atoms with E-state index < -0.39 is 11.5 Å². The minimum Gasteiger partial charge on any atom is -0.494 e. The Hall–Kier alpha value is -4.84. The molecule has 12 heteroatoms. The van der Waals surface area contributed by atoms with Crippen LogP contribution in [0.4, 0.5) is 5.69 Å². The van der Waals surface area contributed by atoms with Gasteiger partial charge < -0.3 is 34.9 Å². The molecule has 3 aliphatic carbocycles. The molecule has 1 saturated carbocycles. The number of hydrogen-bond acceptors (Lipinski definition) is 9. The summed E-state index contributed by atoms with van der Waals surface area (Å²) in [5.74, 6) is 2.84. The molecule has 1 saturated heterocycles. The van der Waals surface area contributed by atoms with E-state index in [2.05, 4.69) is 76.6 Å². The van der Waals surface area contributed by atoms with Gasteiger partial charge in [0.05, 0.1) is 13.2 Å². The molecule has 11 nitrogen and oxygen atoms in total. The summed E-state index contributed by atoms with van der Waals surface area (Å²) in [6.45, 7) is 12.1. The summed E-state index contributed by atoms with van der Waals surface area (Å²) in [5.41, 5.74) is 5.57. The molecule has 1 aliphatic heterocycles. The van der Waals surface area contributed by atoms with Crippen LogP contribution < -0.4 is 24.8 Å². The van der Waals surface area contributed by atoms with Gasteiger partial charge in [-0.05, 0) is 166 Å². The molecule has 1 amide bonds. The summed E-state index contributed by atoms with van der Waals surface area (Å²) < 4.78 is 19.0. The van der Waals surface area contributed by atoms with Gasteiger partial charge in [-0.1, -0.05) is 49.7 Å². The van der Waals surface area contributed by atoms with Gasteiger partial charge >= 0.3 is 5.97 Å². The summed E-state index contributed by atoms with van der Waals surface area (Å²) in [7, 11) is 2.17. The van der Waals surface area contributed by atoms with Crippen molar-refractivity contribution in [3.63, 3.8) is 0 Å². The quantitative estimate of drug-likeness (QED) is 0.0739. The number of anilines is 1. The first-order valence-corrected chi connectivity index (χ1v) is 24.9. The van der Waals surface area contributed by atoms with Crippen LogP contribution in [0.15, 0.2) is 79.0 Å². The molecule has 1 aromatic heterocycles. The lowest BCUT2D eigenvalue weighted by atomic mass is 9.59. The summed E-state index contributed by atoms with van der Waals surface area (Å²) >= 11 is 6.33. The maximum Gasteiger partial charge on any atom is 0.329 e. The fourth-order valence-corrected chi connectivity index (χ4v) is 11.4. The number of pyridine rings is 1. The van der Waals surface area contributed by atoms with Crippen LogP contribution in [-0.2, 0) is 34.3 Å². The Balaban J connectivity index is 0.862. The van der Waals surface area contributed by atoms with Crippen LogP contribution in [0, 0.1) is 11.8 Å². The molecule has 4 aromatic rings. The Kier molecular flexibility index (Phi) is 15.8. The number of benzene rings is 3. The number of ether oxygens (including phenoxy) is 3. The number of nitrogens with zero attached hydrogens (tertiary/aromatic N) is 3. The number of piperazine rings is 1. The fraction of sp³-hybridized carbons (Fsp3) is 0.537. The van der Waals surface area contributed by atoms with E-state index in [0.717, 1.165) is 106 Å². The molecular formula is C54H70ClN5O6. The van der Waals surface area contributed by atoms with E-state index in [1.807, 2.05) is 36.5 Å². The predicted molar refractivity (Wildman–Crippen MR) is 261 cm³/mol. The van der Waals surface area contributed by atoms with Crippen LogP contribution in [0.25, 0.3) is 0 Å². The zero-order valence-corrected chi connectivity index (χ0v) is 40.1. The third-order valence-electron chi connectivity index (χ3n) is 15.0. The van der Waals surface area contributed by atoms with Crippen molar-refractivity contribution in [1.29, 1.82) is 0 Å². The minimum atomic E-state index is -1.10. The normalized spacial score (nSPS) is 23.4. The Morgan fingerprint density at radius 1 is 0.939 bits per heavy atom. The van der Waals surface area contributed by atoms with Crippen molar-refractivity contribution in [2.24, 2.45) is 11.8 Å². The smallest absolute Gasteiger partial charge is 0.329 e. The van der Waals surface area contributed by atoms with Gasteiger partial charge in [0.15, 0.2) is 0 Å². The molecule has 3 aromatic carbocycles. The topological polar surface area (TPSA) is 125 Å². The van der Waals surface area contributed by atoms with E-state index in [-0.39, 0.29) is 17.2 Å². The molecule has 0 bridgehead atoms. The third kappa shape index (κ3) is 11.6. The number of fused-ring (bicyclic) bond motifs is 3. The monoisotopic (exact) mass is 920 g/mol. The lowest BCUT2D eigenvalue weighted by Gasteiger charge is -2.47. The molecule has 4 aliphatic rings. The maximum atomic E-state index is 13.1. The summed E-state index contributed by atoms with van der Waals surface area (Å²) in [6.07, 6.45) is 11.2. The summed E-state index contributed by atoms with van der Waals surface area (Å²) in [5, 5.41) is 17.8. The van der Waals surface area contributed by atoms with Gasteiger partial charge in [-0.3, -0.25) is 14.7 Å². The molecule has 2 heterocycles. The summed E-state index contributed by atoms with van der Waals surface area (Å²) in [6, 6.07) is 24.0. The molecule has 0 radical (unpaired) electrons. The lowest BCUT2D eigenvalue weighted by Crippen LogP contribution is -2.53. The molecule has 3 N–H and O–H groups in total. The number of hydrogen-bond donors (Lipinski definition) is 3. The molecule has 2 fully saturated rings. The highest BCUT2D eigenvalue weighted by Gasteiger charge is 2.54. The second-order valence-electron chi connectivity index (χ2n) is 19.7. The molecule has 0 unspecified atom stereocenters. The van der Waals surface area contributed by atoms with E-state index in [4.69, 9.17) is 25.8 Å². The highest BCUT2D eigenvalue weighted by atomic mass is 35.5. The number of carboxylic acid groups (broad SMARTS) is 1. The van der Waals surface area contributed by atoms with Gasteiger partial charge in [0, 0.05) is 73.9 Å². The number of rotatable bonds is 20. The number of aryl methyl sites for hydroxylation is 1. The number of aromatic nitrogens is 1. The average molecular weight is 921 g/mol. The van der Waals surface area contributed by atoms with E-state index >= 15 is 0 Å². The number of carbonyl (C=O) groups is 2. The molecular weight excluding hydrogens is 850 g/mol. The second-order valence-corrected chi connectivity index (χ2v) is 20.1. The van der Waals surface area contributed by atoms with E-state index in [0.29, 0.717) is 68.9 Å². The van der Waals surface area contributed by atoms with Gasteiger partial charge in [0.1, 0.15) is 29.4 Å². The number of aliphatic carboxylic acids is 1. The van der Waals surface area contributed by atoms with Crippen LogP contribution in [0.1, 0.15) is 106 Å². The van der Waals surface area contributed by atoms with Gasteiger partial charge in [-0.15, -0.1) is 0 Å². The number of nitrogens with one attached hydrogen (secondary N) is 2. The van der Waals surface area contributed by atoms with Crippen molar-refractivity contribution in [2.75, 3.05) is 71.5 Å². The SMILES string of the molecule is C[C@@H](COc1ccnc2c1[C@H](C)CCC2)C[C@H]1Cc2ccc(OCCCC(=O)NCCc3cccc(OCCN4CCN(C)CC4)c3)cc2C12CCC(Nc1cccc(Cl)c1)(C(=O)O)CC2. The highest BCUT2D eigenvalue weighted by Crippen LogP contribution is 2.57. The number of carbonyl (C=O) groups excluding carboxylic acids is 1. The standard InChI is InChI=1S/C54H70ClN5O6/c1-38(37-66-49-18-24-56-48-13-4-8-39(2)51(48)49)32-42-34-41-15-16-46(36-47(41)53(42)19-21-54(22-20-53,52(62)63)58-44-11-6-10-43(55)35-44)64-30-7-14-50(61)57-23-17-40-9-5-12-45(33-40)65-31-29-60-27-25-59(3)26-28-60/h5-6,9-12,15-16,18,24,33,35-36,38-39,42,58H,4,7-8,13-14,17,19-23,25-32,34,37H2,1-3H3,(H,57,61)(H,62,63)/t38-,39-,42+,53?,54?/m1/s1. The number of likely N-dealkylation sites (N-methyl/N-ethyl adjacent to an activating group) is 1. The van der Waals surface area contributed by atoms with Crippen molar-refractivity contribution < 1.29 is 28.9 Å². The van der Waals surface area contributed by atoms with Gasteiger partial charge in [-0.2, -0.15) is 0 Å². The Morgan fingerprint density at radius 2 is 1.73 bits per heavy atom. The van der Waals surface area contributed by atoms with Crippen molar-refractivity contribution in [3.05, 3.63) is 112 Å². The maximum absolute atomic E-state index is 13.1. The number of amides is 1. The van der Waals surface area contributed by atoms with E-state index in [1.165, 1.54) is 28.8 Å². The van der Waals surface area contributed by atoms with Crippen molar-refractivity contribution in [2.45, 2.75) is 108 Å². The van der Waals surface area contributed by atoms with Gasteiger partial charge in [0.25, 0.3) is 0 Å². The van der Waals surface area contributed by atoms with Crippen LogP contribution >= 0.6 is 11.6 Å². The second kappa shape index (κ2) is 21.9. The largest absolute Gasteiger partial charge is 0.494 e.